The molecule has 0 aliphatic carbocycles. The van der Waals surface area contributed by atoms with Crippen LogP contribution >= 0.6 is 15.9 Å². The van der Waals surface area contributed by atoms with Crippen molar-refractivity contribution in [3.05, 3.63) is 12.0 Å². The highest BCUT2D eigenvalue weighted by Gasteiger charge is 2.21. The van der Waals surface area contributed by atoms with Crippen LogP contribution in [0.3, 0.4) is 0 Å². The van der Waals surface area contributed by atoms with E-state index in [1.54, 1.807) is 0 Å². The molecule has 5 nitrogen and oxygen atoms in total. The van der Waals surface area contributed by atoms with Crippen LogP contribution in [-0.4, -0.2) is 29.8 Å². The molecule has 0 fully saturated rings. The molecular formula is C12H22BrN3O2S. The van der Waals surface area contributed by atoms with Crippen LogP contribution in [0, 0.1) is 5.41 Å². The molecule has 0 saturated heterocycles. The maximum absolute atomic E-state index is 12.0. The fraction of sp³-hybridized carbons (Fsp3) is 0.750. The Balaban J connectivity index is 2.61. The number of nitrogens with one attached hydrogen (secondary N) is 2. The smallest absolute Gasteiger partial charge is 0.257 e. The van der Waals surface area contributed by atoms with Crippen molar-refractivity contribution in [1.82, 2.24) is 14.7 Å². The summed E-state index contributed by atoms with van der Waals surface area (Å²) < 4.78 is 26.6. The number of imidazole rings is 1. The van der Waals surface area contributed by atoms with Crippen LogP contribution in [0.15, 0.2) is 11.2 Å². The molecule has 1 aromatic heterocycles. The summed E-state index contributed by atoms with van der Waals surface area (Å²) in [5, 5.41) is 0.125. The second kappa shape index (κ2) is 6.37. The second-order valence-electron chi connectivity index (χ2n) is 5.76. The van der Waals surface area contributed by atoms with Gasteiger partial charge >= 0.3 is 0 Å². The minimum atomic E-state index is -3.50. The lowest BCUT2D eigenvalue weighted by Gasteiger charge is -2.22. The van der Waals surface area contributed by atoms with Crippen LogP contribution in [0.1, 0.15) is 39.9 Å². The second-order valence-corrected chi connectivity index (χ2v) is 8.79. The van der Waals surface area contributed by atoms with Gasteiger partial charge in [-0.2, -0.15) is 0 Å². The van der Waals surface area contributed by atoms with Crippen molar-refractivity contribution in [3.8, 4) is 0 Å². The first kappa shape index (κ1) is 16.7. The molecular weight excluding hydrogens is 330 g/mol. The Hall–Kier alpha value is -0.400. The van der Waals surface area contributed by atoms with Crippen LogP contribution in [-0.2, 0) is 16.4 Å². The van der Waals surface area contributed by atoms with E-state index in [4.69, 9.17) is 0 Å². The molecule has 1 atom stereocenters. The van der Waals surface area contributed by atoms with Gasteiger partial charge in [0.25, 0.3) is 10.0 Å². The van der Waals surface area contributed by atoms with Gasteiger partial charge in [-0.3, -0.25) is 0 Å². The molecule has 19 heavy (non-hydrogen) atoms. The normalized spacial score (nSPS) is 14.6. The first-order valence-electron chi connectivity index (χ1n) is 6.31. The summed E-state index contributed by atoms with van der Waals surface area (Å²) in [4.78, 5) is 6.91. The van der Waals surface area contributed by atoms with Gasteiger partial charge in [-0.25, -0.2) is 18.1 Å². The molecule has 1 aromatic rings. The van der Waals surface area contributed by atoms with Crippen molar-refractivity contribution in [2.75, 3.05) is 6.54 Å². The van der Waals surface area contributed by atoms with E-state index in [0.717, 1.165) is 6.42 Å². The summed E-state index contributed by atoms with van der Waals surface area (Å²) in [6.07, 6.45) is 2.92. The Bertz CT molecular complexity index is 505. The van der Waals surface area contributed by atoms with Crippen LogP contribution in [0.25, 0.3) is 0 Å². The number of alkyl halides is 1. The molecule has 0 aliphatic heterocycles. The van der Waals surface area contributed by atoms with Gasteiger partial charge in [-0.05, 0) is 11.8 Å². The number of aromatic nitrogens is 2. The SMILES string of the molecule is CCc1ncc(S(=O)(=O)NCC(Br)CC(C)(C)C)[nH]1. The molecule has 0 aromatic carbocycles. The van der Waals surface area contributed by atoms with Crippen molar-refractivity contribution in [1.29, 1.82) is 0 Å². The molecule has 0 bridgehead atoms. The van der Waals surface area contributed by atoms with E-state index in [0.29, 0.717) is 18.8 Å². The van der Waals surface area contributed by atoms with Crippen LogP contribution in [0.4, 0.5) is 0 Å². The summed E-state index contributed by atoms with van der Waals surface area (Å²) >= 11 is 3.50. The lowest BCUT2D eigenvalue weighted by atomic mass is 9.91. The average Bonchev–Trinajstić information content (AvgIpc) is 2.73. The fourth-order valence-electron chi connectivity index (χ4n) is 1.67. The number of nitrogens with zero attached hydrogens (tertiary/aromatic N) is 1. The number of hydrogen-bond acceptors (Lipinski definition) is 3. The average molecular weight is 352 g/mol. The highest BCUT2D eigenvalue weighted by atomic mass is 79.9. The third-order valence-electron chi connectivity index (χ3n) is 2.56. The Morgan fingerprint density at radius 1 is 1.47 bits per heavy atom. The van der Waals surface area contributed by atoms with E-state index in [-0.39, 0.29) is 15.3 Å². The number of aromatic amines is 1. The number of aryl methyl sites for hydroxylation is 1. The van der Waals surface area contributed by atoms with E-state index in [2.05, 4.69) is 51.4 Å². The van der Waals surface area contributed by atoms with Gasteiger partial charge < -0.3 is 4.98 Å². The predicted molar refractivity (Wildman–Crippen MR) is 79.9 cm³/mol. The first-order valence-corrected chi connectivity index (χ1v) is 8.71. The van der Waals surface area contributed by atoms with Crippen LogP contribution in [0.2, 0.25) is 0 Å². The van der Waals surface area contributed by atoms with Gasteiger partial charge in [0.2, 0.25) is 0 Å². The highest BCUT2D eigenvalue weighted by Crippen LogP contribution is 2.24. The van der Waals surface area contributed by atoms with E-state index < -0.39 is 10.0 Å². The molecule has 1 unspecified atom stereocenters. The highest BCUT2D eigenvalue weighted by molar-refractivity contribution is 9.09. The van der Waals surface area contributed by atoms with E-state index >= 15 is 0 Å². The third-order valence-corrected chi connectivity index (χ3v) is 4.54. The zero-order valence-corrected chi connectivity index (χ0v) is 14.2. The molecule has 2 N–H and O–H groups in total. The Labute approximate surface area is 123 Å². The van der Waals surface area contributed by atoms with E-state index in [1.807, 2.05) is 6.92 Å². The van der Waals surface area contributed by atoms with Gasteiger partial charge in [0.1, 0.15) is 5.82 Å². The van der Waals surface area contributed by atoms with E-state index in [9.17, 15) is 8.42 Å². The monoisotopic (exact) mass is 351 g/mol. The minimum Gasteiger partial charge on any atom is -0.332 e. The van der Waals surface area contributed by atoms with Crippen molar-refractivity contribution in [2.45, 2.75) is 50.4 Å². The number of H-pyrrole nitrogens is 1. The van der Waals surface area contributed by atoms with Crippen LogP contribution in [0.5, 0.6) is 0 Å². The third kappa shape index (κ3) is 5.62. The van der Waals surface area contributed by atoms with Gasteiger partial charge in [0, 0.05) is 17.8 Å². The topological polar surface area (TPSA) is 74.8 Å². The van der Waals surface area contributed by atoms with Crippen molar-refractivity contribution >= 4 is 26.0 Å². The van der Waals surface area contributed by atoms with Gasteiger partial charge in [0.15, 0.2) is 5.03 Å². The molecule has 7 heteroatoms. The molecule has 0 spiro atoms. The molecule has 110 valence electrons. The summed E-state index contributed by atoms with van der Waals surface area (Å²) in [6.45, 7) is 8.65. The fourth-order valence-corrected chi connectivity index (χ4v) is 4.04. The molecule has 0 amide bonds. The standard InChI is InChI=1S/C12H22BrN3O2S/c1-5-10-14-8-11(16-10)19(17,18)15-7-9(13)6-12(2,3)4/h8-9,15H,5-7H2,1-4H3,(H,14,16). The maximum atomic E-state index is 12.0. The molecule has 1 heterocycles. The summed E-state index contributed by atoms with van der Waals surface area (Å²) in [6, 6.07) is 0. The predicted octanol–water partition coefficient (Wildman–Crippen LogP) is 2.45. The van der Waals surface area contributed by atoms with Gasteiger partial charge in [0.05, 0.1) is 6.20 Å². The molecule has 0 aliphatic rings. The number of hydrogen-bond donors (Lipinski definition) is 2. The zero-order chi connectivity index (χ0) is 14.7. The summed E-state index contributed by atoms with van der Waals surface area (Å²) in [7, 11) is -3.50. The van der Waals surface area contributed by atoms with Gasteiger partial charge in [-0.15, -0.1) is 0 Å². The Morgan fingerprint density at radius 3 is 2.58 bits per heavy atom. The maximum Gasteiger partial charge on any atom is 0.257 e. The van der Waals surface area contributed by atoms with Crippen molar-refractivity contribution in [3.63, 3.8) is 0 Å². The molecule has 0 saturated carbocycles. The first-order chi connectivity index (χ1) is 8.64. The summed E-state index contributed by atoms with van der Waals surface area (Å²) in [5.41, 5.74) is 0.156. The van der Waals surface area contributed by atoms with Crippen molar-refractivity contribution in [2.24, 2.45) is 5.41 Å². The lowest BCUT2D eigenvalue weighted by molar-refractivity contribution is 0.373. The lowest BCUT2D eigenvalue weighted by Crippen LogP contribution is -2.31. The van der Waals surface area contributed by atoms with Crippen LogP contribution < -0.4 is 4.72 Å². The quantitative estimate of drug-likeness (QED) is 0.773. The molecule has 0 radical (unpaired) electrons. The number of halogens is 1. The zero-order valence-electron chi connectivity index (χ0n) is 11.8. The largest absolute Gasteiger partial charge is 0.332 e. The van der Waals surface area contributed by atoms with E-state index in [1.165, 1.54) is 6.20 Å². The minimum absolute atomic E-state index is 0.107. The Morgan fingerprint density at radius 2 is 2.11 bits per heavy atom. The van der Waals surface area contributed by atoms with Gasteiger partial charge in [-0.1, -0.05) is 43.6 Å². The Kier molecular flexibility index (Phi) is 5.58. The summed E-state index contributed by atoms with van der Waals surface area (Å²) in [5.74, 6) is 0.672. The number of sulfonamides is 1. The molecule has 1 rings (SSSR count). The number of rotatable bonds is 6. The van der Waals surface area contributed by atoms with Crippen molar-refractivity contribution < 1.29 is 8.42 Å².